The first-order valence-electron chi connectivity index (χ1n) is 5.22. The molecule has 0 spiro atoms. The van der Waals surface area contributed by atoms with Crippen molar-refractivity contribution in [1.29, 1.82) is 5.26 Å². The summed E-state index contributed by atoms with van der Waals surface area (Å²) in [5.74, 6) is 0.195. The Morgan fingerprint density at radius 2 is 2.47 bits per heavy atom. The highest BCUT2D eigenvalue weighted by atomic mass is 16.5. The molecule has 0 bridgehead atoms. The molecular weight excluding hydrogens is 220 g/mol. The number of nitrogens with one attached hydrogen (secondary N) is 1. The van der Waals surface area contributed by atoms with Crippen molar-refractivity contribution < 1.29 is 9.53 Å². The molecule has 1 heterocycles. The van der Waals surface area contributed by atoms with Crippen LogP contribution in [0.3, 0.4) is 0 Å². The molecule has 0 radical (unpaired) electrons. The lowest BCUT2D eigenvalue weighted by Crippen LogP contribution is -2.13. The first kappa shape index (κ1) is 12.8. The summed E-state index contributed by atoms with van der Waals surface area (Å²) in [6.07, 6.45) is 1.66. The second kappa shape index (κ2) is 6.33. The Hall–Kier alpha value is -2.29. The Bertz CT molecular complexity index is 440. The predicted molar refractivity (Wildman–Crippen MR) is 63.1 cm³/mol. The average molecular weight is 234 g/mol. The first-order valence-corrected chi connectivity index (χ1v) is 5.22. The van der Waals surface area contributed by atoms with Gasteiger partial charge in [-0.3, -0.25) is 4.79 Å². The van der Waals surface area contributed by atoms with Gasteiger partial charge >= 0.3 is 5.97 Å². The molecular formula is C11H14N4O2. The predicted octanol–water partition coefficient (Wildman–Crippen LogP) is 0.901. The van der Waals surface area contributed by atoms with Crippen molar-refractivity contribution in [2.24, 2.45) is 0 Å². The normalized spacial score (nSPS) is 9.41. The molecule has 90 valence electrons. The number of ether oxygens (including phenoxy) is 1. The number of pyridine rings is 1. The Kier molecular flexibility index (Phi) is 4.76. The summed E-state index contributed by atoms with van der Waals surface area (Å²) in [6.45, 7) is 2.52. The van der Waals surface area contributed by atoms with Gasteiger partial charge in [-0.1, -0.05) is 0 Å². The summed E-state index contributed by atoms with van der Waals surface area (Å²) >= 11 is 0. The van der Waals surface area contributed by atoms with Crippen LogP contribution in [0.5, 0.6) is 0 Å². The smallest absolute Gasteiger partial charge is 0.307 e. The number of nitrogens with two attached hydrogens (primary N) is 1. The van der Waals surface area contributed by atoms with E-state index in [0.29, 0.717) is 30.2 Å². The van der Waals surface area contributed by atoms with Gasteiger partial charge in [-0.25, -0.2) is 4.98 Å². The summed E-state index contributed by atoms with van der Waals surface area (Å²) in [6, 6.07) is 3.47. The van der Waals surface area contributed by atoms with E-state index in [1.54, 1.807) is 6.92 Å². The SMILES string of the molecule is CCOC(=O)CCNc1ncc(C#N)cc1N. The number of rotatable bonds is 5. The van der Waals surface area contributed by atoms with E-state index in [1.807, 2.05) is 6.07 Å². The molecule has 6 nitrogen and oxygen atoms in total. The van der Waals surface area contributed by atoms with Crippen LogP contribution < -0.4 is 11.1 Å². The Labute approximate surface area is 99.4 Å². The maximum atomic E-state index is 11.1. The van der Waals surface area contributed by atoms with Crippen molar-refractivity contribution in [3.63, 3.8) is 0 Å². The van der Waals surface area contributed by atoms with Gasteiger partial charge in [0.2, 0.25) is 0 Å². The third-order valence-electron chi connectivity index (χ3n) is 1.97. The van der Waals surface area contributed by atoms with Crippen LogP contribution in [0.25, 0.3) is 0 Å². The van der Waals surface area contributed by atoms with Crippen LogP contribution in [0, 0.1) is 11.3 Å². The van der Waals surface area contributed by atoms with Crippen LogP contribution in [-0.4, -0.2) is 24.1 Å². The molecule has 0 saturated carbocycles. The van der Waals surface area contributed by atoms with E-state index in [1.165, 1.54) is 12.3 Å². The molecule has 0 unspecified atom stereocenters. The number of esters is 1. The minimum Gasteiger partial charge on any atom is -0.466 e. The molecule has 0 aliphatic heterocycles. The lowest BCUT2D eigenvalue weighted by molar-refractivity contribution is -0.142. The largest absolute Gasteiger partial charge is 0.466 e. The number of nitrogens with zero attached hydrogens (tertiary/aromatic N) is 2. The van der Waals surface area contributed by atoms with Crippen LogP contribution in [-0.2, 0) is 9.53 Å². The third-order valence-corrected chi connectivity index (χ3v) is 1.97. The monoisotopic (exact) mass is 234 g/mol. The van der Waals surface area contributed by atoms with E-state index in [4.69, 9.17) is 15.7 Å². The number of hydrogen-bond acceptors (Lipinski definition) is 6. The summed E-state index contributed by atoms with van der Waals surface area (Å²) in [5.41, 5.74) is 6.46. The number of nitrogen functional groups attached to an aromatic ring is 1. The van der Waals surface area contributed by atoms with Gasteiger partial charge in [-0.15, -0.1) is 0 Å². The topological polar surface area (TPSA) is 101 Å². The van der Waals surface area contributed by atoms with Gasteiger partial charge in [0, 0.05) is 12.7 Å². The molecule has 6 heteroatoms. The third kappa shape index (κ3) is 3.99. The maximum Gasteiger partial charge on any atom is 0.307 e. The van der Waals surface area contributed by atoms with Gasteiger partial charge in [0.25, 0.3) is 0 Å². The molecule has 0 aliphatic carbocycles. The van der Waals surface area contributed by atoms with Gasteiger partial charge in [0.05, 0.1) is 24.3 Å². The van der Waals surface area contributed by atoms with E-state index in [9.17, 15) is 4.79 Å². The molecule has 3 N–H and O–H groups in total. The lowest BCUT2D eigenvalue weighted by atomic mass is 10.3. The molecule has 0 fully saturated rings. The number of anilines is 2. The lowest BCUT2D eigenvalue weighted by Gasteiger charge is -2.07. The van der Waals surface area contributed by atoms with Crippen LogP contribution in [0.4, 0.5) is 11.5 Å². The summed E-state index contributed by atoms with van der Waals surface area (Å²) in [5, 5.41) is 11.5. The fraction of sp³-hybridized carbons (Fsp3) is 0.364. The van der Waals surface area contributed by atoms with Gasteiger partial charge in [0.15, 0.2) is 0 Å². The van der Waals surface area contributed by atoms with E-state index in [-0.39, 0.29) is 12.4 Å². The number of carbonyl (C=O) groups excluding carboxylic acids is 1. The second-order valence-corrected chi connectivity index (χ2v) is 3.26. The molecule has 0 aromatic carbocycles. The Morgan fingerprint density at radius 3 is 3.06 bits per heavy atom. The summed E-state index contributed by atoms with van der Waals surface area (Å²) in [7, 11) is 0. The molecule has 1 aromatic heterocycles. The number of aromatic nitrogens is 1. The minimum absolute atomic E-state index is 0.245. The standard InChI is InChI=1S/C11H14N4O2/c1-2-17-10(16)3-4-14-11-9(13)5-8(6-12)7-15-11/h5,7H,2-4,13H2,1H3,(H,14,15). The molecule has 17 heavy (non-hydrogen) atoms. The van der Waals surface area contributed by atoms with E-state index in [0.717, 1.165) is 0 Å². The molecule has 0 atom stereocenters. The highest BCUT2D eigenvalue weighted by Crippen LogP contribution is 2.15. The Morgan fingerprint density at radius 1 is 1.71 bits per heavy atom. The molecule has 1 aromatic rings. The summed E-state index contributed by atoms with van der Waals surface area (Å²) < 4.78 is 4.77. The number of carbonyl (C=O) groups is 1. The fourth-order valence-corrected chi connectivity index (χ4v) is 1.21. The number of nitriles is 1. The average Bonchev–Trinajstić information content (AvgIpc) is 2.31. The van der Waals surface area contributed by atoms with E-state index >= 15 is 0 Å². The van der Waals surface area contributed by atoms with Crippen molar-refractivity contribution in [2.75, 3.05) is 24.2 Å². The van der Waals surface area contributed by atoms with Crippen LogP contribution in [0.1, 0.15) is 18.9 Å². The molecule has 0 aliphatic rings. The summed E-state index contributed by atoms with van der Waals surface area (Å²) in [4.78, 5) is 15.0. The zero-order valence-electron chi connectivity index (χ0n) is 9.56. The van der Waals surface area contributed by atoms with Crippen molar-refractivity contribution in [3.05, 3.63) is 17.8 Å². The van der Waals surface area contributed by atoms with Crippen LogP contribution >= 0.6 is 0 Å². The van der Waals surface area contributed by atoms with Crippen molar-refractivity contribution in [3.8, 4) is 6.07 Å². The van der Waals surface area contributed by atoms with Gasteiger partial charge in [-0.05, 0) is 13.0 Å². The fourth-order valence-electron chi connectivity index (χ4n) is 1.21. The zero-order valence-corrected chi connectivity index (χ0v) is 9.56. The van der Waals surface area contributed by atoms with Crippen molar-refractivity contribution in [2.45, 2.75) is 13.3 Å². The quantitative estimate of drug-likeness (QED) is 0.734. The maximum absolute atomic E-state index is 11.1. The highest BCUT2D eigenvalue weighted by Gasteiger charge is 2.04. The van der Waals surface area contributed by atoms with Gasteiger partial charge in [0.1, 0.15) is 11.9 Å². The van der Waals surface area contributed by atoms with E-state index < -0.39 is 0 Å². The van der Waals surface area contributed by atoms with Gasteiger partial charge in [-0.2, -0.15) is 5.26 Å². The first-order chi connectivity index (χ1) is 8.17. The zero-order chi connectivity index (χ0) is 12.7. The van der Waals surface area contributed by atoms with Crippen LogP contribution in [0.15, 0.2) is 12.3 Å². The molecule has 0 amide bonds. The van der Waals surface area contributed by atoms with Gasteiger partial charge < -0.3 is 15.8 Å². The molecule has 0 saturated heterocycles. The van der Waals surface area contributed by atoms with Crippen molar-refractivity contribution in [1.82, 2.24) is 4.98 Å². The van der Waals surface area contributed by atoms with Crippen molar-refractivity contribution >= 4 is 17.5 Å². The van der Waals surface area contributed by atoms with Crippen LogP contribution in [0.2, 0.25) is 0 Å². The minimum atomic E-state index is -0.271. The molecule has 1 rings (SSSR count). The highest BCUT2D eigenvalue weighted by molar-refractivity contribution is 5.70. The number of hydrogen-bond donors (Lipinski definition) is 2. The Balaban J connectivity index is 2.47. The second-order valence-electron chi connectivity index (χ2n) is 3.26. The van der Waals surface area contributed by atoms with E-state index in [2.05, 4.69) is 10.3 Å².